The predicted octanol–water partition coefficient (Wildman–Crippen LogP) is 0.578. The molecule has 0 bridgehead atoms. The summed E-state index contributed by atoms with van der Waals surface area (Å²) in [6.45, 7) is 3.48. The first-order valence-electron chi connectivity index (χ1n) is 5.62. The Morgan fingerprint density at radius 1 is 1.50 bits per heavy atom. The fourth-order valence-electron chi connectivity index (χ4n) is 1.52. The number of aliphatic hydroxyl groups is 1. The highest BCUT2D eigenvalue weighted by atomic mass is 31.2. The maximum absolute atomic E-state index is 11.1. The van der Waals surface area contributed by atoms with Gasteiger partial charge in [-0.15, -0.1) is 0 Å². The first kappa shape index (κ1) is 15.1. The number of nitrogens with one attached hydrogen (secondary N) is 1. The molecule has 0 aliphatic rings. The second kappa shape index (κ2) is 6.29. The molecule has 1 heterocycles. The third kappa shape index (κ3) is 4.38. The van der Waals surface area contributed by atoms with Crippen LogP contribution in [0.1, 0.15) is 16.8 Å². The van der Waals surface area contributed by atoms with Crippen LogP contribution in [0, 0.1) is 6.92 Å². The van der Waals surface area contributed by atoms with E-state index in [0.717, 1.165) is 0 Å². The molecule has 7 heteroatoms. The summed E-state index contributed by atoms with van der Waals surface area (Å²) in [4.78, 5) is 13.1. The average Bonchev–Trinajstić information content (AvgIpc) is 2.28. The number of aromatic nitrogens is 1. The molecule has 0 amide bonds. The second-order valence-corrected chi connectivity index (χ2v) is 6.85. The Morgan fingerprint density at radius 2 is 2.17 bits per heavy atom. The molecule has 0 fully saturated rings. The summed E-state index contributed by atoms with van der Waals surface area (Å²) in [5.74, 6) is 0.000112. The van der Waals surface area contributed by atoms with E-state index in [1.165, 1.54) is 6.66 Å². The quantitative estimate of drug-likeness (QED) is 0.447. The van der Waals surface area contributed by atoms with E-state index in [1.807, 2.05) is 0 Å². The number of rotatable bonds is 6. The number of nitrogens with zero attached hydrogens (tertiary/aromatic N) is 1. The Balaban J connectivity index is 2.63. The fraction of sp³-hybridized carbons (Fsp3) is 0.545. The van der Waals surface area contributed by atoms with Gasteiger partial charge < -0.3 is 20.4 Å². The van der Waals surface area contributed by atoms with Crippen LogP contribution in [0.25, 0.3) is 0 Å². The number of aliphatic hydroxyl groups excluding tert-OH is 1. The fourth-order valence-corrected chi connectivity index (χ4v) is 2.10. The molecule has 0 aliphatic carbocycles. The van der Waals surface area contributed by atoms with E-state index in [9.17, 15) is 14.8 Å². The number of pyridine rings is 1. The van der Waals surface area contributed by atoms with Crippen LogP contribution < -0.4 is 5.32 Å². The zero-order valence-corrected chi connectivity index (χ0v) is 11.4. The standard InChI is InChI=1S/C11H19N2O4P/c1-8-11(15)10(7-14)9(6-13-8)5-12-3-4-18(2,16)17/h6,12,14-15H,3-5,7H2,1-2H3,(H,16,17). The Labute approximate surface area is 106 Å². The topological polar surface area (TPSA) is 103 Å². The van der Waals surface area contributed by atoms with E-state index in [-0.39, 0.29) is 18.5 Å². The minimum absolute atomic E-state index is 0.000112. The van der Waals surface area contributed by atoms with E-state index in [1.54, 1.807) is 13.1 Å². The van der Waals surface area contributed by atoms with Crippen LogP contribution in [0.2, 0.25) is 0 Å². The molecule has 0 spiro atoms. The van der Waals surface area contributed by atoms with Gasteiger partial charge in [-0.2, -0.15) is 0 Å². The van der Waals surface area contributed by atoms with Crippen molar-refractivity contribution in [2.45, 2.75) is 20.1 Å². The Bertz CT molecular complexity index is 459. The number of aromatic hydroxyl groups is 1. The summed E-state index contributed by atoms with van der Waals surface area (Å²) in [5, 5.41) is 21.9. The summed E-state index contributed by atoms with van der Waals surface area (Å²) in [7, 11) is -3.00. The summed E-state index contributed by atoms with van der Waals surface area (Å²) in [6, 6.07) is 0. The largest absolute Gasteiger partial charge is 0.506 e. The highest BCUT2D eigenvalue weighted by Crippen LogP contribution is 2.33. The predicted molar refractivity (Wildman–Crippen MR) is 68.9 cm³/mol. The third-order valence-electron chi connectivity index (χ3n) is 2.61. The SMILES string of the molecule is Cc1ncc(CNCCP(C)(=O)O)c(CO)c1O. The lowest BCUT2D eigenvalue weighted by atomic mass is 10.1. The molecule has 0 aliphatic heterocycles. The van der Waals surface area contributed by atoms with Crippen molar-refractivity contribution in [2.75, 3.05) is 19.4 Å². The van der Waals surface area contributed by atoms with E-state index >= 15 is 0 Å². The van der Waals surface area contributed by atoms with Crippen LogP contribution in [-0.2, 0) is 17.7 Å². The first-order chi connectivity index (χ1) is 8.35. The van der Waals surface area contributed by atoms with Crippen molar-refractivity contribution < 1.29 is 19.7 Å². The highest BCUT2D eigenvalue weighted by Gasteiger charge is 2.12. The maximum atomic E-state index is 11.1. The van der Waals surface area contributed by atoms with Crippen LogP contribution in [0.4, 0.5) is 0 Å². The normalized spacial score (nSPS) is 14.4. The van der Waals surface area contributed by atoms with Gasteiger partial charge in [0.25, 0.3) is 0 Å². The molecule has 1 atom stereocenters. The Hall–Kier alpha value is -0.940. The first-order valence-corrected chi connectivity index (χ1v) is 7.91. The van der Waals surface area contributed by atoms with Crippen molar-refractivity contribution in [3.63, 3.8) is 0 Å². The van der Waals surface area contributed by atoms with Crippen LogP contribution in [-0.4, -0.2) is 39.5 Å². The molecule has 0 saturated carbocycles. The maximum Gasteiger partial charge on any atom is 0.198 e. The van der Waals surface area contributed by atoms with E-state index in [4.69, 9.17) is 4.89 Å². The summed E-state index contributed by atoms with van der Waals surface area (Å²) < 4.78 is 11.1. The third-order valence-corrected chi connectivity index (χ3v) is 3.66. The van der Waals surface area contributed by atoms with Crippen molar-refractivity contribution in [1.82, 2.24) is 10.3 Å². The van der Waals surface area contributed by atoms with Gasteiger partial charge in [0.1, 0.15) is 5.75 Å². The van der Waals surface area contributed by atoms with Crippen molar-refractivity contribution in [3.05, 3.63) is 23.0 Å². The molecule has 1 unspecified atom stereocenters. The lowest BCUT2D eigenvalue weighted by molar-refractivity contribution is 0.273. The molecule has 1 aromatic rings. The van der Waals surface area contributed by atoms with Crippen molar-refractivity contribution in [2.24, 2.45) is 0 Å². The number of aryl methyl sites for hydroxylation is 1. The zero-order chi connectivity index (χ0) is 13.8. The second-order valence-electron chi connectivity index (χ2n) is 4.31. The average molecular weight is 274 g/mol. The van der Waals surface area contributed by atoms with Gasteiger partial charge in [0.2, 0.25) is 0 Å². The van der Waals surface area contributed by atoms with Gasteiger partial charge in [-0.1, -0.05) is 0 Å². The highest BCUT2D eigenvalue weighted by molar-refractivity contribution is 7.57. The Kier molecular flexibility index (Phi) is 5.28. The minimum atomic E-state index is -3.00. The van der Waals surface area contributed by atoms with Crippen molar-refractivity contribution in [1.29, 1.82) is 0 Å². The van der Waals surface area contributed by atoms with Gasteiger partial charge in [-0.05, 0) is 12.5 Å². The summed E-state index contributed by atoms with van der Waals surface area (Å²) in [5.41, 5.74) is 1.60. The Morgan fingerprint density at radius 3 is 2.72 bits per heavy atom. The van der Waals surface area contributed by atoms with E-state index in [0.29, 0.717) is 29.9 Å². The van der Waals surface area contributed by atoms with Crippen LogP contribution in [0.3, 0.4) is 0 Å². The van der Waals surface area contributed by atoms with Crippen LogP contribution >= 0.6 is 7.37 Å². The van der Waals surface area contributed by atoms with Crippen molar-refractivity contribution in [3.8, 4) is 5.75 Å². The molecule has 18 heavy (non-hydrogen) atoms. The smallest absolute Gasteiger partial charge is 0.198 e. The van der Waals surface area contributed by atoms with E-state index in [2.05, 4.69) is 10.3 Å². The molecule has 4 N–H and O–H groups in total. The lowest BCUT2D eigenvalue weighted by Crippen LogP contribution is -2.19. The number of hydrogen-bond donors (Lipinski definition) is 4. The molecule has 0 saturated heterocycles. The van der Waals surface area contributed by atoms with Gasteiger partial charge in [-0.3, -0.25) is 9.55 Å². The van der Waals surface area contributed by atoms with Crippen LogP contribution in [0.5, 0.6) is 5.75 Å². The van der Waals surface area contributed by atoms with Gasteiger partial charge >= 0.3 is 0 Å². The molecule has 1 aromatic heterocycles. The molecule has 6 nitrogen and oxygen atoms in total. The molecule has 102 valence electrons. The van der Waals surface area contributed by atoms with E-state index < -0.39 is 7.37 Å². The summed E-state index contributed by atoms with van der Waals surface area (Å²) in [6.07, 6.45) is 1.77. The number of hydrogen-bond acceptors (Lipinski definition) is 5. The van der Waals surface area contributed by atoms with Gasteiger partial charge in [0.05, 0.1) is 12.3 Å². The molecular weight excluding hydrogens is 255 g/mol. The monoisotopic (exact) mass is 274 g/mol. The van der Waals surface area contributed by atoms with Crippen molar-refractivity contribution >= 4 is 7.37 Å². The molecule has 0 aromatic carbocycles. The van der Waals surface area contributed by atoms with Gasteiger partial charge in [-0.25, -0.2) is 0 Å². The van der Waals surface area contributed by atoms with Gasteiger partial charge in [0.15, 0.2) is 7.37 Å². The van der Waals surface area contributed by atoms with Crippen LogP contribution in [0.15, 0.2) is 6.20 Å². The molecule has 0 radical (unpaired) electrons. The summed E-state index contributed by atoms with van der Waals surface area (Å²) >= 11 is 0. The molecular formula is C11H19N2O4P. The lowest BCUT2D eigenvalue weighted by Gasteiger charge is -2.12. The zero-order valence-electron chi connectivity index (χ0n) is 10.6. The molecule has 1 rings (SSSR count). The minimum Gasteiger partial charge on any atom is -0.506 e. The van der Waals surface area contributed by atoms with Gasteiger partial charge in [0, 0.05) is 37.7 Å².